The highest BCUT2D eigenvalue weighted by atomic mass is 32.2. The predicted molar refractivity (Wildman–Crippen MR) is 48.7 cm³/mol. The van der Waals surface area contributed by atoms with E-state index in [1.54, 1.807) is 0 Å². The van der Waals surface area contributed by atoms with Gasteiger partial charge in [0.1, 0.15) is 6.04 Å². The van der Waals surface area contributed by atoms with Gasteiger partial charge in [0.2, 0.25) is 0 Å². The van der Waals surface area contributed by atoms with Crippen LogP contribution in [0.3, 0.4) is 0 Å². The van der Waals surface area contributed by atoms with Crippen LogP contribution in [0.25, 0.3) is 0 Å². The Morgan fingerprint density at radius 3 is 2.58 bits per heavy atom. The standard InChI is InChI=1S/C6H11NO3S.H3N/c1-2-3-11(10)4-5(7)6(8)9;/h2,5H,1,3-4,7H2,(H,8,9);1H3/t5-,11?;/m0./s1. The third-order valence-electron chi connectivity index (χ3n) is 0.986. The van der Waals surface area contributed by atoms with Crippen LogP contribution in [0.5, 0.6) is 0 Å². The second-order valence-corrected chi connectivity index (χ2v) is 3.55. The maximum Gasteiger partial charge on any atom is 0.321 e. The Bertz CT molecular complexity index is 184. The molecule has 0 aliphatic heterocycles. The van der Waals surface area contributed by atoms with Gasteiger partial charge in [-0.15, -0.1) is 6.58 Å². The second-order valence-electron chi connectivity index (χ2n) is 2.01. The Labute approximate surface area is 73.7 Å². The average Bonchev–Trinajstić information content (AvgIpc) is 1.87. The van der Waals surface area contributed by atoms with Gasteiger partial charge in [0.25, 0.3) is 0 Å². The van der Waals surface area contributed by atoms with Crippen LogP contribution in [0, 0.1) is 0 Å². The third kappa shape index (κ3) is 6.02. The fourth-order valence-corrected chi connectivity index (χ4v) is 1.41. The molecule has 0 aliphatic rings. The summed E-state index contributed by atoms with van der Waals surface area (Å²) in [5, 5.41) is 8.31. The van der Waals surface area contributed by atoms with Crippen molar-refractivity contribution < 1.29 is 14.1 Å². The first-order valence-electron chi connectivity index (χ1n) is 3.02. The predicted octanol–water partition coefficient (Wildman–Crippen LogP) is -0.505. The van der Waals surface area contributed by atoms with Crippen LogP contribution in [-0.2, 0) is 15.6 Å². The van der Waals surface area contributed by atoms with Gasteiger partial charge in [-0.25, -0.2) is 0 Å². The number of hydrogen-bond donors (Lipinski definition) is 3. The van der Waals surface area contributed by atoms with Crippen LogP contribution in [0.4, 0.5) is 0 Å². The molecule has 0 rings (SSSR count). The van der Waals surface area contributed by atoms with Gasteiger partial charge < -0.3 is 17.0 Å². The number of rotatable bonds is 5. The Morgan fingerprint density at radius 2 is 2.25 bits per heavy atom. The monoisotopic (exact) mass is 194 g/mol. The number of hydrogen-bond acceptors (Lipinski definition) is 4. The van der Waals surface area contributed by atoms with E-state index in [4.69, 9.17) is 10.8 Å². The SMILES string of the molecule is C=CCS(=O)C[C@H](N)C(=O)O.N. The Hall–Kier alpha value is -0.720. The summed E-state index contributed by atoms with van der Waals surface area (Å²) in [6.07, 6.45) is 1.48. The molecule has 0 amide bonds. The van der Waals surface area contributed by atoms with E-state index >= 15 is 0 Å². The van der Waals surface area contributed by atoms with Crippen LogP contribution in [-0.4, -0.2) is 32.8 Å². The van der Waals surface area contributed by atoms with Gasteiger partial charge in [-0.3, -0.25) is 9.00 Å². The fraction of sp³-hybridized carbons (Fsp3) is 0.500. The summed E-state index contributed by atoms with van der Waals surface area (Å²) >= 11 is 0. The molecule has 0 bridgehead atoms. The molecule has 6 N–H and O–H groups in total. The highest BCUT2D eigenvalue weighted by molar-refractivity contribution is 7.85. The van der Waals surface area contributed by atoms with Crippen molar-refractivity contribution in [2.75, 3.05) is 11.5 Å². The minimum Gasteiger partial charge on any atom is -0.480 e. The molecule has 0 aromatic carbocycles. The Balaban J connectivity index is 0. The molecule has 0 aromatic rings. The van der Waals surface area contributed by atoms with Crippen molar-refractivity contribution in [1.29, 1.82) is 0 Å². The quantitative estimate of drug-likeness (QED) is 0.510. The highest BCUT2D eigenvalue weighted by Gasteiger charge is 2.13. The summed E-state index contributed by atoms with van der Waals surface area (Å²) in [6, 6.07) is -1.03. The average molecular weight is 194 g/mol. The Kier molecular flexibility index (Phi) is 8.03. The normalized spacial score (nSPS) is 14.1. The first-order chi connectivity index (χ1) is 5.07. The molecule has 72 valence electrons. The maximum absolute atomic E-state index is 10.9. The van der Waals surface area contributed by atoms with E-state index in [9.17, 15) is 9.00 Å². The first-order valence-corrected chi connectivity index (χ1v) is 4.51. The van der Waals surface area contributed by atoms with Crippen molar-refractivity contribution >= 4 is 16.8 Å². The lowest BCUT2D eigenvalue weighted by Crippen LogP contribution is -2.35. The largest absolute Gasteiger partial charge is 0.480 e. The molecule has 0 radical (unpaired) electrons. The van der Waals surface area contributed by atoms with Crippen LogP contribution in [0.15, 0.2) is 12.7 Å². The molecule has 2 atom stereocenters. The number of aliphatic carboxylic acids is 1. The van der Waals surface area contributed by atoms with Gasteiger partial charge >= 0.3 is 5.97 Å². The summed E-state index contributed by atoms with van der Waals surface area (Å²) in [4.78, 5) is 10.2. The maximum atomic E-state index is 10.9. The lowest BCUT2D eigenvalue weighted by Gasteiger charge is -2.03. The topological polar surface area (TPSA) is 115 Å². The van der Waals surface area contributed by atoms with Crippen LogP contribution in [0.2, 0.25) is 0 Å². The molecule has 0 saturated carbocycles. The van der Waals surface area contributed by atoms with Gasteiger partial charge in [0.15, 0.2) is 0 Å². The van der Waals surface area contributed by atoms with Crippen LogP contribution < -0.4 is 11.9 Å². The van der Waals surface area contributed by atoms with E-state index in [1.807, 2.05) is 0 Å². The third-order valence-corrected chi connectivity index (χ3v) is 2.32. The molecule has 1 unspecified atom stereocenters. The van der Waals surface area contributed by atoms with E-state index in [-0.39, 0.29) is 11.9 Å². The number of carboxylic acid groups (broad SMARTS) is 1. The molecule has 0 saturated heterocycles. The fourth-order valence-electron chi connectivity index (χ4n) is 0.471. The van der Waals surface area contributed by atoms with Gasteiger partial charge in [-0.1, -0.05) is 6.08 Å². The number of carboxylic acids is 1. The van der Waals surface area contributed by atoms with Crippen LogP contribution >= 0.6 is 0 Å². The lowest BCUT2D eigenvalue weighted by atomic mass is 10.4. The van der Waals surface area contributed by atoms with Crippen molar-refractivity contribution in [1.82, 2.24) is 6.15 Å². The van der Waals surface area contributed by atoms with Crippen LogP contribution in [0.1, 0.15) is 0 Å². The van der Waals surface area contributed by atoms with Crippen molar-refractivity contribution in [3.05, 3.63) is 12.7 Å². The second kappa shape index (κ2) is 6.96. The molecular weight excluding hydrogens is 180 g/mol. The van der Waals surface area contributed by atoms with Crippen molar-refractivity contribution in [3.8, 4) is 0 Å². The van der Waals surface area contributed by atoms with Gasteiger partial charge in [0, 0.05) is 22.3 Å². The molecular formula is C6H14N2O3S. The summed E-state index contributed by atoms with van der Waals surface area (Å²) in [6.45, 7) is 3.37. The minimum atomic E-state index is -1.19. The minimum absolute atomic E-state index is 0. The molecule has 0 heterocycles. The zero-order valence-electron chi connectivity index (χ0n) is 6.73. The number of carbonyl (C=O) groups is 1. The summed E-state index contributed by atoms with van der Waals surface area (Å²) in [7, 11) is -1.19. The zero-order chi connectivity index (χ0) is 8.85. The molecule has 0 spiro atoms. The van der Waals surface area contributed by atoms with Gasteiger partial charge in [-0.05, 0) is 0 Å². The lowest BCUT2D eigenvalue weighted by molar-refractivity contribution is -0.137. The molecule has 0 fully saturated rings. The van der Waals surface area contributed by atoms with Crippen molar-refractivity contribution in [2.45, 2.75) is 6.04 Å². The summed E-state index contributed by atoms with van der Waals surface area (Å²) < 4.78 is 10.9. The molecule has 0 aliphatic carbocycles. The molecule has 6 heteroatoms. The molecule has 0 aromatic heterocycles. The van der Waals surface area contributed by atoms with Crippen molar-refractivity contribution in [3.63, 3.8) is 0 Å². The number of nitrogens with two attached hydrogens (primary N) is 1. The summed E-state index contributed by atoms with van der Waals surface area (Å²) in [5.41, 5.74) is 5.12. The van der Waals surface area contributed by atoms with Gasteiger partial charge in [0.05, 0.1) is 0 Å². The van der Waals surface area contributed by atoms with E-state index in [1.165, 1.54) is 6.08 Å². The van der Waals surface area contributed by atoms with E-state index in [0.717, 1.165) is 0 Å². The Morgan fingerprint density at radius 1 is 1.75 bits per heavy atom. The molecule has 12 heavy (non-hydrogen) atoms. The smallest absolute Gasteiger partial charge is 0.321 e. The van der Waals surface area contributed by atoms with Crippen molar-refractivity contribution in [2.24, 2.45) is 5.73 Å². The highest BCUT2D eigenvalue weighted by Crippen LogP contribution is 1.87. The first kappa shape index (κ1) is 13.8. The van der Waals surface area contributed by atoms with E-state index in [2.05, 4.69) is 6.58 Å². The zero-order valence-corrected chi connectivity index (χ0v) is 7.55. The van der Waals surface area contributed by atoms with E-state index < -0.39 is 22.8 Å². The van der Waals surface area contributed by atoms with Gasteiger partial charge in [-0.2, -0.15) is 0 Å². The summed E-state index contributed by atoms with van der Waals surface area (Å²) in [5.74, 6) is -0.843. The molecule has 5 nitrogen and oxygen atoms in total. The van der Waals surface area contributed by atoms with E-state index in [0.29, 0.717) is 5.75 Å².